The predicted octanol–water partition coefficient (Wildman–Crippen LogP) is -0.748. The molecule has 1 atom stereocenters. The summed E-state index contributed by atoms with van der Waals surface area (Å²) in [6, 6.07) is -1.43. The number of hydrogen-bond acceptors (Lipinski definition) is 6. The highest BCUT2D eigenvalue weighted by Crippen LogP contribution is 2.05. The Morgan fingerprint density at radius 1 is 1.55 bits per heavy atom. The first-order valence-electron chi connectivity index (χ1n) is 2.60. The lowest BCUT2D eigenvalue weighted by Gasteiger charge is -1.94. The second kappa shape index (κ2) is 2.48. The van der Waals surface area contributed by atoms with Gasteiger partial charge in [0.1, 0.15) is 0 Å². The highest BCUT2D eigenvalue weighted by atomic mass is 16.7. The summed E-state index contributed by atoms with van der Waals surface area (Å²) in [6.07, 6.45) is 0. The zero-order chi connectivity index (χ0) is 8.43. The van der Waals surface area contributed by atoms with Crippen molar-refractivity contribution in [1.82, 2.24) is 0 Å². The molecule has 8 heteroatoms. The fourth-order valence-electron chi connectivity index (χ4n) is 0.620. The van der Waals surface area contributed by atoms with Crippen molar-refractivity contribution in [2.45, 2.75) is 6.04 Å². The summed E-state index contributed by atoms with van der Waals surface area (Å²) in [5.74, 6) is -0.741. The lowest BCUT2D eigenvalue weighted by molar-refractivity contribution is -0.519. The summed E-state index contributed by atoms with van der Waals surface area (Å²) in [6.45, 7) is -0.358. The van der Waals surface area contributed by atoms with Crippen molar-refractivity contribution in [3.63, 3.8) is 0 Å². The summed E-state index contributed by atoms with van der Waals surface area (Å²) in [5.41, 5.74) is 0. The van der Waals surface area contributed by atoms with Crippen LogP contribution in [0.3, 0.4) is 0 Å². The van der Waals surface area contributed by atoms with Crippen LogP contribution in [0, 0.1) is 20.2 Å². The molecule has 1 aliphatic heterocycles. The van der Waals surface area contributed by atoms with Crippen molar-refractivity contribution in [2.75, 3.05) is 6.61 Å². The fourth-order valence-corrected chi connectivity index (χ4v) is 0.620. The van der Waals surface area contributed by atoms with Crippen molar-refractivity contribution in [1.29, 1.82) is 0 Å². The van der Waals surface area contributed by atoms with Gasteiger partial charge in [0.25, 0.3) is 0 Å². The number of rotatable bonds is 1. The molecule has 0 aromatic heterocycles. The Morgan fingerprint density at radius 2 is 2.18 bits per heavy atom. The van der Waals surface area contributed by atoms with Gasteiger partial charge in [0.15, 0.2) is 5.16 Å². The molecule has 0 saturated heterocycles. The van der Waals surface area contributed by atoms with Gasteiger partial charge in [-0.15, -0.1) is 0 Å². The van der Waals surface area contributed by atoms with Crippen molar-refractivity contribution >= 4 is 5.84 Å². The van der Waals surface area contributed by atoms with E-state index in [1.54, 1.807) is 0 Å². The Labute approximate surface area is 59.7 Å². The topological polar surface area (TPSA) is 108 Å². The second-order valence-corrected chi connectivity index (χ2v) is 1.80. The van der Waals surface area contributed by atoms with Gasteiger partial charge in [-0.05, 0) is 4.92 Å². The summed E-state index contributed by atoms with van der Waals surface area (Å²) >= 11 is 0. The predicted molar refractivity (Wildman–Crippen MR) is 31.2 cm³/mol. The van der Waals surface area contributed by atoms with Crippen molar-refractivity contribution < 1.29 is 14.7 Å². The molecular weight excluding hydrogens is 158 g/mol. The summed E-state index contributed by atoms with van der Waals surface area (Å²) in [7, 11) is 0. The van der Waals surface area contributed by atoms with Crippen molar-refractivity contribution in [3.05, 3.63) is 20.2 Å². The number of oxime groups is 1. The maximum Gasteiger partial charge on any atom is 0.463 e. The van der Waals surface area contributed by atoms with Gasteiger partial charge in [0.05, 0.1) is 0 Å². The van der Waals surface area contributed by atoms with E-state index >= 15 is 0 Å². The maximum absolute atomic E-state index is 10.1. The normalized spacial score (nSPS) is 22.2. The molecule has 0 saturated carbocycles. The van der Waals surface area contributed by atoms with E-state index in [0.29, 0.717) is 0 Å². The number of hydrogen-bond donors (Lipinski definition) is 0. The number of amidine groups is 1. The minimum Gasteiger partial charge on any atom is -0.358 e. The Kier molecular flexibility index (Phi) is 1.66. The Balaban J connectivity index is 2.79. The van der Waals surface area contributed by atoms with Gasteiger partial charge in [-0.1, -0.05) is 0 Å². The lowest BCUT2D eigenvalue weighted by atomic mass is 10.3. The minimum absolute atomic E-state index is 0.358. The molecule has 8 nitrogen and oxygen atoms in total. The SMILES string of the molecule is O=[N+]([O-])C1=NOCC1[N+](=O)[O-]. The molecule has 1 unspecified atom stereocenters. The minimum atomic E-state index is -1.43. The van der Waals surface area contributed by atoms with E-state index in [1.165, 1.54) is 0 Å². The van der Waals surface area contributed by atoms with Gasteiger partial charge in [-0.3, -0.25) is 15.0 Å². The lowest BCUT2D eigenvalue weighted by Crippen LogP contribution is -2.33. The average Bonchev–Trinajstić information content (AvgIpc) is 2.32. The van der Waals surface area contributed by atoms with Gasteiger partial charge in [-0.2, -0.15) is 0 Å². The van der Waals surface area contributed by atoms with Crippen LogP contribution < -0.4 is 0 Å². The average molecular weight is 161 g/mol. The van der Waals surface area contributed by atoms with Crippen LogP contribution in [0.15, 0.2) is 5.16 Å². The third-order valence-electron chi connectivity index (χ3n) is 1.13. The van der Waals surface area contributed by atoms with Crippen LogP contribution in [0.1, 0.15) is 0 Å². The molecule has 0 aromatic rings. The molecule has 1 rings (SSSR count). The van der Waals surface area contributed by atoms with Crippen LogP contribution in [-0.4, -0.2) is 28.3 Å². The van der Waals surface area contributed by atoms with E-state index in [0.717, 1.165) is 0 Å². The van der Waals surface area contributed by atoms with Gasteiger partial charge in [0, 0.05) is 4.92 Å². The summed E-state index contributed by atoms with van der Waals surface area (Å²) in [5, 5.41) is 23.0. The second-order valence-electron chi connectivity index (χ2n) is 1.80. The van der Waals surface area contributed by atoms with Gasteiger partial charge < -0.3 is 10.1 Å². The molecule has 0 radical (unpaired) electrons. The quantitative estimate of drug-likeness (QED) is 0.371. The van der Waals surface area contributed by atoms with Crippen LogP contribution in [-0.2, 0) is 4.84 Å². The first-order valence-corrected chi connectivity index (χ1v) is 2.60. The first-order chi connectivity index (χ1) is 5.13. The standard InChI is InChI=1S/C3H3N3O5/c7-5(8)2-1-11-4-3(2)6(9)10/h2H,1H2. The molecule has 1 heterocycles. The molecule has 1 aliphatic rings. The zero-order valence-corrected chi connectivity index (χ0v) is 5.17. The Bertz CT molecular complexity index is 235. The van der Waals surface area contributed by atoms with Crippen molar-refractivity contribution in [2.24, 2.45) is 5.16 Å². The number of nitrogens with zero attached hydrogens (tertiary/aromatic N) is 3. The third kappa shape index (κ3) is 1.23. The zero-order valence-electron chi connectivity index (χ0n) is 5.17. The molecule has 0 aromatic carbocycles. The van der Waals surface area contributed by atoms with Gasteiger partial charge in [-0.25, -0.2) is 0 Å². The Hall–Kier alpha value is -1.73. The summed E-state index contributed by atoms with van der Waals surface area (Å²) < 4.78 is 0. The van der Waals surface area contributed by atoms with Crippen LogP contribution >= 0.6 is 0 Å². The smallest absolute Gasteiger partial charge is 0.358 e. The largest absolute Gasteiger partial charge is 0.463 e. The molecule has 0 aliphatic carbocycles. The highest BCUT2D eigenvalue weighted by Gasteiger charge is 2.45. The molecule has 0 N–H and O–H groups in total. The summed E-state index contributed by atoms with van der Waals surface area (Å²) in [4.78, 5) is 22.5. The molecule has 0 fully saturated rings. The molecule has 0 spiro atoms. The van der Waals surface area contributed by atoms with Gasteiger partial charge >= 0.3 is 11.9 Å². The van der Waals surface area contributed by atoms with E-state index in [4.69, 9.17) is 0 Å². The maximum atomic E-state index is 10.1. The Morgan fingerprint density at radius 3 is 2.55 bits per heavy atom. The molecule has 60 valence electrons. The van der Waals surface area contributed by atoms with E-state index in [9.17, 15) is 20.2 Å². The van der Waals surface area contributed by atoms with Crippen LogP contribution in [0.4, 0.5) is 0 Å². The van der Waals surface area contributed by atoms with E-state index in [2.05, 4.69) is 9.99 Å². The van der Waals surface area contributed by atoms with E-state index in [1.807, 2.05) is 0 Å². The highest BCUT2D eigenvalue weighted by molar-refractivity contribution is 5.79. The van der Waals surface area contributed by atoms with Crippen molar-refractivity contribution in [3.8, 4) is 0 Å². The van der Waals surface area contributed by atoms with Crippen LogP contribution in [0.2, 0.25) is 0 Å². The van der Waals surface area contributed by atoms with Crippen LogP contribution in [0.25, 0.3) is 0 Å². The molecular formula is C3H3N3O5. The molecule has 0 bridgehead atoms. The van der Waals surface area contributed by atoms with Gasteiger partial charge in [0.2, 0.25) is 6.61 Å². The van der Waals surface area contributed by atoms with E-state index < -0.39 is 21.7 Å². The third-order valence-corrected chi connectivity index (χ3v) is 1.13. The molecule has 11 heavy (non-hydrogen) atoms. The number of nitro groups is 2. The van der Waals surface area contributed by atoms with E-state index in [-0.39, 0.29) is 6.61 Å². The van der Waals surface area contributed by atoms with Crippen LogP contribution in [0.5, 0.6) is 0 Å². The fraction of sp³-hybridized carbons (Fsp3) is 0.667. The first kappa shape index (κ1) is 7.38. The monoisotopic (exact) mass is 161 g/mol. The molecule has 0 amide bonds.